The lowest BCUT2D eigenvalue weighted by Crippen LogP contribution is -2.48. The number of nitrogen functional groups attached to an aromatic ring is 1. The first-order chi connectivity index (χ1) is 22.5. The van der Waals surface area contributed by atoms with Crippen LogP contribution in [0, 0.1) is 0 Å². The number of aromatic amines is 1. The van der Waals surface area contributed by atoms with Crippen LogP contribution in [0.5, 0.6) is 0 Å². The smallest absolute Gasteiger partial charge is 0.320 e. The highest BCUT2D eigenvalue weighted by Gasteiger charge is 2.31. The molecule has 0 bridgehead atoms. The SMILES string of the molecule is Nc1ncccc1-c1nc2ccc(-c3ccccc3)nc2n1-c1ccc(C2CCN(C(=O)N3CCc4c(o[nH]c4=O)C3)CC2)cc1. The lowest BCUT2D eigenvalue weighted by atomic mass is 9.89. The number of nitrogens with two attached hydrogens (primary N) is 1. The van der Waals surface area contributed by atoms with Gasteiger partial charge in [-0.1, -0.05) is 42.5 Å². The summed E-state index contributed by atoms with van der Waals surface area (Å²) in [6.45, 7) is 2.20. The highest BCUT2D eigenvalue weighted by Crippen LogP contribution is 2.34. The van der Waals surface area contributed by atoms with Crippen LogP contribution in [-0.2, 0) is 13.0 Å². The fourth-order valence-electron chi connectivity index (χ4n) is 6.66. The van der Waals surface area contributed by atoms with E-state index in [1.807, 2.05) is 59.5 Å². The van der Waals surface area contributed by atoms with Gasteiger partial charge in [-0.05, 0) is 67.1 Å². The number of anilines is 1. The minimum atomic E-state index is -0.194. The van der Waals surface area contributed by atoms with Crippen molar-refractivity contribution >= 4 is 23.0 Å². The van der Waals surface area contributed by atoms with Crippen LogP contribution in [0.2, 0.25) is 0 Å². The minimum absolute atomic E-state index is 0.000131. The first-order valence-electron chi connectivity index (χ1n) is 15.5. The summed E-state index contributed by atoms with van der Waals surface area (Å²) in [7, 11) is 0. The normalized spacial score (nSPS) is 15.3. The van der Waals surface area contributed by atoms with Gasteiger partial charge >= 0.3 is 6.03 Å². The van der Waals surface area contributed by atoms with Crippen LogP contribution in [0.4, 0.5) is 10.6 Å². The Morgan fingerprint density at radius 2 is 1.70 bits per heavy atom. The highest BCUT2D eigenvalue weighted by atomic mass is 16.5. The van der Waals surface area contributed by atoms with Gasteiger partial charge in [-0.25, -0.2) is 19.7 Å². The van der Waals surface area contributed by atoms with Crippen LogP contribution in [0.1, 0.15) is 35.6 Å². The predicted molar refractivity (Wildman–Crippen MR) is 174 cm³/mol. The summed E-state index contributed by atoms with van der Waals surface area (Å²) in [6, 6.07) is 26.4. The summed E-state index contributed by atoms with van der Waals surface area (Å²) in [6.07, 6.45) is 3.93. The molecule has 11 nitrogen and oxygen atoms in total. The molecule has 4 aromatic heterocycles. The number of benzene rings is 2. The fraction of sp³-hybridized carbons (Fsp3) is 0.229. The molecule has 6 aromatic rings. The molecule has 46 heavy (non-hydrogen) atoms. The van der Waals surface area contributed by atoms with E-state index < -0.39 is 0 Å². The first-order valence-corrected chi connectivity index (χ1v) is 15.5. The van der Waals surface area contributed by atoms with E-state index in [9.17, 15) is 9.59 Å². The number of hydrogen-bond acceptors (Lipinski definition) is 7. The van der Waals surface area contributed by atoms with Crippen molar-refractivity contribution < 1.29 is 9.32 Å². The van der Waals surface area contributed by atoms with Gasteiger partial charge in [-0.2, -0.15) is 5.16 Å². The number of nitrogens with one attached hydrogen (secondary N) is 1. The predicted octanol–water partition coefficient (Wildman–Crippen LogP) is 5.37. The van der Waals surface area contributed by atoms with Crippen molar-refractivity contribution in [2.24, 2.45) is 0 Å². The van der Waals surface area contributed by atoms with Gasteiger partial charge in [0.2, 0.25) is 0 Å². The molecule has 0 unspecified atom stereocenters. The number of pyridine rings is 2. The molecular weight excluding hydrogens is 580 g/mol. The van der Waals surface area contributed by atoms with E-state index in [1.54, 1.807) is 11.1 Å². The van der Waals surface area contributed by atoms with Crippen molar-refractivity contribution in [2.45, 2.75) is 31.7 Å². The molecule has 2 aromatic carbocycles. The van der Waals surface area contributed by atoms with E-state index >= 15 is 0 Å². The number of likely N-dealkylation sites (tertiary alicyclic amines) is 1. The Morgan fingerprint density at radius 1 is 0.891 bits per heavy atom. The zero-order chi connectivity index (χ0) is 31.2. The summed E-state index contributed by atoms with van der Waals surface area (Å²) in [5.74, 6) is 1.99. The maximum absolute atomic E-state index is 13.3. The molecule has 0 saturated carbocycles. The lowest BCUT2D eigenvalue weighted by Gasteiger charge is -2.36. The zero-order valence-corrected chi connectivity index (χ0v) is 25.1. The summed E-state index contributed by atoms with van der Waals surface area (Å²) >= 11 is 0. The average molecular weight is 613 g/mol. The molecule has 0 aliphatic carbocycles. The van der Waals surface area contributed by atoms with E-state index in [4.69, 9.17) is 20.2 Å². The van der Waals surface area contributed by atoms with E-state index in [1.165, 1.54) is 5.56 Å². The second kappa shape index (κ2) is 11.3. The molecule has 6 heterocycles. The van der Waals surface area contributed by atoms with Crippen molar-refractivity contribution in [3.8, 4) is 28.3 Å². The lowest BCUT2D eigenvalue weighted by molar-refractivity contribution is 0.130. The molecule has 1 fully saturated rings. The standard InChI is InChI=1S/C35H32N8O3/c36-31-27(7-4-17-37-31)32-39-29-13-12-28(24-5-2-1-3-6-24)38-33(29)43(32)25-10-8-22(9-11-25)23-14-18-41(19-15-23)35(45)42-20-16-26-30(21-42)46-40-34(26)44/h1-13,17,23H,14-16,18-21H2,(H2,36,37)(H,40,44). The molecule has 2 aliphatic rings. The van der Waals surface area contributed by atoms with Crippen LogP contribution < -0.4 is 11.3 Å². The number of piperidine rings is 1. The summed E-state index contributed by atoms with van der Waals surface area (Å²) < 4.78 is 7.34. The molecule has 1 saturated heterocycles. The Kier molecular flexibility index (Phi) is 6.85. The number of carbonyl (C=O) groups is 1. The number of amides is 2. The van der Waals surface area contributed by atoms with Crippen LogP contribution in [-0.4, -0.2) is 60.1 Å². The summed E-state index contributed by atoms with van der Waals surface area (Å²) in [4.78, 5) is 43.1. The molecule has 8 rings (SSSR count). The minimum Gasteiger partial charge on any atom is -0.383 e. The number of nitrogens with zero attached hydrogens (tertiary/aromatic N) is 6. The van der Waals surface area contributed by atoms with E-state index in [2.05, 4.69) is 39.0 Å². The third-order valence-electron chi connectivity index (χ3n) is 9.16. The maximum atomic E-state index is 13.3. The number of carbonyl (C=O) groups excluding carboxylic acids is 1. The van der Waals surface area contributed by atoms with Crippen LogP contribution in [0.25, 0.3) is 39.5 Å². The van der Waals surface area contributed by atoms with Gasteiger partial charge in [-0.15, -0.1) is 0 Å². The molecule has 0 atom stereocenters. The van der Waals surface area contributed by atoms with Crippen molar-refractivity contribution in [1.82, 2.24) is 34.5 Å². The quantitative estimate of drug-likeness (QED) is 0.273. The van der Waals surface area contributed by atoms with Gasteiger partial charge in [0.25, 0.3) is 5.56 Å². The van der Waals surface area contributed by atoms with Gasteiger partial charge in [0, 0.05) is 37.1 Å². The maximum Gasteiger partial charge on any atom is 0.320 e. The summed E-state index contributed by atoms with van der Waals surface area (Å²) in [5.41, 5.74) is 13.1. The van der Waals surface area contributed by atoms with Crippen LogP contribution in [0.3, 0.4) is 0 Å². The molecule has 11 heteroatoms. The molecule has 230 valence electrons. The molecule has 2 amide bonds. The monoisotopic (exact) mass is 612 g/mol. The van der Waals surface area contributed by atoms with Crippen molar-refractivity contribution in [3.05, 3.63) is 112 Å². The van der Waals surface area contributed by atoms with Crippen LogP contribution in [0.15, 0.2) is 94.4 Å². The second-order valence-corrected chi connectivity index (χ2v) is 11.9. The number of H-pyrrole nitrogens is 1. The van der Waals surface area contributed by atoms with Gasteiger partial charge in [0.1, 0.15) is 11.3 Å². The fourth-order valence-corrected chi connectivity index (χ4v) is 6.66. The molecule has 0 radical (unpaired) electrons. The van der Waals surface area contributed by atoms with Gasteiger partial charge in [-0.3, -0.25) is 9.36 Å². The Balaban J connectivity index is 1.05. The van der Waals surface area contributed by atoms with Crippen molar-refractivity contribution in [2.75, 3.05) is 25.4 Å². The molecule has 0 spiro atoms. The number of imidazole rings is 1. The van der Waals surface area contributed by atoms with E-state index in [-0.39, 0.29) is 11.6 Å². The Bertz CT molecular complexity index is 2110. The number of hydrogen-bond donors (Lipinski definition) is 2. The average Bonchev–Trinajstić information content (AvgIpc) is 3.68. The Hall–Kier alpha value is -5.71. The molecule has 3 N–H and O–H groups in total. The highest BCUT2D eigenvalue weighted by molar-refractivity contribution is 5.84. The number of aromatic nitrogens is 5. The third kappa shape index (κ3) is 4.90. The van der Waals surface area contributed by atoms with Gasteiger partial charge in [0.05, 0.1) is 23.4 Å². The second-order valence-electron chi connectivity index (χ2n) is 11.9. The van der Waals surface area contributed by atoms with E-state index in [0.29, 0.717) is 61.5 Å². The Morgan fingerprint density at radius 3 is 2.48 bits per heavy atom. The third-order valence-corrected chi connectivity index (χ3v) is 9.16. The summed E-state index contributed by atoms with van der Waals surface area (Å²) in [5, 5.41) is 2.39. The topological polar surface area (TPSA) is 139 Å². The zero-order valence-electron chi connectivity index (χ0n) is 25.1. The van der Waals surface area contributed by atoms with Gasteiger partial charge in [0.15, 0.2) is 17.2 Å². The molecule has 2 aliphatic heterocycles. The number of fused-ring (bicyclic) bond motifs is 2. The number of rotatable bonds is 4. The number of urea groups is 1. The van der Waals surface area contributed by atoms with E-state index in [0.717, 1.165) is 46.5 Å². The first kappa shape index (κ1) is 27.8. The Labute approximate surface area is 264 Å². The largest absolute Gasteiger partial charge is 0.383 e. The van der Waals surface area contributed by atoms with Crippen molar-refractivity contribution in [1.29, 1.82) is 0 Å². The van der Waals surface area contributed by atoms with Crippen LogP contribution >= 0.6 is 0 Å². The van der Waals surface area contributed by atoms with Gasteiger partial charge < -0.3 is 20.1 Å². The van der Waals surface area contributed by atoms with Crippen molar-refractivity contribution in [3.63, 3.8) is 0 Å². The molecular formula is C35H32N8O3.